The lowest BCUT2D eigenvalue weighted by atomic mass is 10.2. The highest BCUT2D eigenvalue weighted by Gasteiger charge is 2.25. The van der Waals surface area contributed by atoms with Crippen molar-refractivity contribution in [3.8, 4) is 0 Å². The van der Waals surface area contributed by atoms with Crippen molar-refractivity contribution in [1.82, 2.24) is 9.62 Å². The Morgan fingerprint density at radius 1 is 1.24 bits per heavy atom. The molecule has 0 unspecified atom stereocenters. The number of nitrogens with one attached hydrogen (secondary N) is 1. The van der Waals surface area contributed by atoms with Gasteiger partial charge in [0.1, 0.15) is 0 Å². The lowest BCUT2D eigenvalue weighted by Crippen LogP contribution is -2.43. The van der Waals surface area contributed by atoms with Crippen LogP contribution in [0.5, 0.6) is 0 Å². The van der Waals surface area contributed by atoms with E-state index in [4.69, 9.17) is 0 Å². The predicted molar refractivity (Wildman–Crippen MR) is 83.5 cm³/mol. The topological polar surface area (TPSA) is 66.5 Å². The molecule has 0 saturated carbocycles. The Kier molecular flexibility index (Phi) is 6.36. The van der Waals surface area contributed by atoms with Crippen LogP contribution in [0.1, 0.15) is 32.8 Å². The van der Waals surface area contributed by atoms with E-state index >= 15 is 0 Å². The maximum absolute atomic E-state index is 12.5. The van der Waals surface area contributed by atoms with Crippen LogP contribution in [0.25, 0.3) is 0 Å². The van der Waals surface area contributed by atoms with Gasteiger partial charge in [-0.25, -0.2) is 8.42 Å². The Hall–Kier alpha value is -1.40. The highest BCUT2D eigenvalue weighted by Crippen LogP contribution is 2.15. The Labute approximate surface area is 127 Å². The van der Waals surface area contributed by atoms with Crippen LogP contribution in [0.3, 0.4) is 0 Å². The first-order chi connectivity index (χ1) is 9.81. The van der Waals surface area contributed by atoms with Crippen LogP contribution in [0, 0.1) is 6.92 Å². The first-order valence-corrected chi connectivity index (χ1v) is 8.61. The van der Waals surface area contributed by atoms with Gasteiger partial charge in [-0.05, 0) is 32.4 Å². The molecule has 1 N–H and O–H groups in total. The third-order valence-electron chi connectivity index (χ3n) is 3.35. The molecular formula is C15H24N2O3S. The minimum absolute atomic E-state index is 0.0401. The van der Waals surface area contributed by atoms with Crippen LogP contribution in [0.4, 0.5) is 0 Å². The monoisotopic (exact) mass is 312 g/mol. The van der Waals surface area contributed by atoms with Crippen molar-refractivity contribution in [2.75, 3.05) is 13.1 Å². The lowest BCUT2D eigenvalue weighted by molar-refractivity contribution is -0.121. The second-order valence-corrected chi connectivity index (χ2v) is 7.06. The fourth-order valence-electron chi connectivity index (χ4n) is 1.81. The first kappa shape index (κ1) is 17.7. The molecule has 5 nitrogen and oxygen atoms in total. The van der Waals surface area contributed by atoms with Gasteiger partial charge in [0.2, 0.25) is 15.9 Å². The van der Waals surface area contributed by atoms with Gasteiger partial charge in [-0.15, -0.1) is 0 Å². The lowest BCUT2D eigenvalue weighted by Gasteiger charge is -2.21. The van der Waals surface area contributed by atoms with Crippen molar-refractivity contribution in [2.24, 2.45) is 0 Å². The zero-order valence-electron chi connectivity index (χ0n) is 13.1. The number of likely N-dealkylation sites (N-methyl/N-ethyl adjacent to an activating group) is 1. The molecule has 0 saturated heterocycles. The van der Waals surface area contributed by atoms with E-state index in [0.717, 1.165) is 12.0 Å². The van der Waals surface area contributed by atoms with E-state index in [9.17, 15) is 13.2 Å². The van der Waals surface area contributed by atoms with Crippen molar-refractivity contribution in [3.63, 3.8) is 0 Å². The van der Waals surface area contributed by atoms with Gasteiger partial charge in [-0.3, -0.25) is 4.79 Å². The number of carbonyl (C=O) groups excluding carboxylic acids is 1. The molecule has 0 aliphatic heterocycles. The molecule has 1 atom stereocenters. The van der Waals surface area contributed by atoms with Crippen LogP contribution in [-0.4, -0.2) is 37.8 Å². The molecule has 1 aromatic rings. The van der Waals surface area contributed by atoms with E-state index in [2.05, 4.69) is 5.32 Å². The molecule has 0 aliphatic carbocycles. The number of sulfonamides is 1. The summed E-state index contributed by atoms with van der Waals surface area (Å²) in [6.45, 7) is 7.57. The van der Waals surface area contributed by atoms with Crippen LogP contribution < -0.4 is 5.32 Å². The molecule has 0 radical (unpaired) electrons. The number of aryl methyl sites for hydroxylation is 1. The van der Waals surface area contributed by atoms with Gasteiger partial charge in [-0.2, -0.15) is 4.31 Å². The van der Waals surface area contributed by atoms with Crippen molar-refractivity contribution >= 4 is 15.9 Å². The third-order valence-corrected chi connectivity index (χ3v) is 5.29. The van der Waals surface area contributed by atoms with E-state index in [0.29, 0.717) is 0 Å². The zero-order chi connectivity index (χ0) is 16.0. The molecular weight excluding hydrogens is 288 g/mol. The van der Waals surface area contributed by atoms with Crippen molar-refractivity contribution < 1.29 is 13.2 Å². The van der Waals surface area contributed by atoms with Crippen LogP contribution in [-0.2, 0) is 14.8 Å². The molecule has 118 valence electrons. The van der Waals surface area contributed by atoms with Crippen molar-refractivity contribution in [3.05, 3.63) is 29.8 Å². The largest absolute Gasteiger partial charge is 0.353 e. The number of carbonyl (C=O) groups is 1. The summed E-state index contributed by atoms with van der Waals surface area (Å²) in [5, 5.41) is 2.78. The van der Waals surface area contributed by atoms with Gasteiger partial charge in [0.25, 0.3) is 0 Å². The molecule has 0 spiro atoms. The molecule has 21 heavy (non-hydrogen) atoms. The van der Waals surface area contributed by atoms with Crippen molar-refractivity contribution in [2.45, 2.75) is 45.1 Å². The first-order valence-electron chi connectivity index (χ1n) is 7.17. The van der Waals surface area contributed by atoms with Gasteiger partial charge in [-0.1, -0.05) is 31.5 Å². The third kappa shape index (κ3) is 4.82. The normalized spacial score (nSPS) is 13.2. The highest BCUT2D eigenvalue weighted by atomic mass is 32.2. The fraction of sp³-hybridized carbons (Fsp3) is 0.533. The van der Waals surface area contributed by atoms with E-state index in [-0.39, 0.29) is 29.9 Å². The van der Waals surface area contributed by atoms with Crippen LogP contribution >= 0.6 is 0 Å². The van der Waals surface area contributed by atoms with E-state index < -0.39 is 10.0 Å². The smallest absolute Gasteiger partial charge is 0.243 e. The molecule has 0 fully saturated rings. The Morgan fingerprint density at radius 3 is 2.29 bits per heavy atom. The molecule has 0 heterocycles. The Morgan fingerprint density at radius 2 is 1.81 bits per heavy atom. The minimum Gasteiger partial charge on any atom is -0.353 e. The summed E-state index contributed by atoms with van der Waals surface area (Å²) in [5.74, 6) is -0.276. The molecule has 1 rings (SSSR count). The summed E-state index contributed by atoms with van der Waals surface area (Å²) in [6, 6.07) is 6.68. The van der Waals surface area contributed by atoms with Gasteiger partial charge in [0.05, 0.1) is 11.4 Å². The fourth-order valence-corrected chi connectivity index (χ4v) is 3.21. The summed E-state index contributed by atoms with van der Waals surface area (Å²) < 4.78 is 26.2. The Bertz CT molecular complexity index is 567. The molecule has 1 aromatic carbocycles. The van der Waals surface area contributed by atoms with Gasteiger partial charge in [0, 0.05) is 12.6 Å². The summed E-state index contributed by atoms with van der Waals surface area (Å²) in [6.07, 6.45) is 0.808. The van der Waals surface area contributed by atoms with Gasteiger partial charge in [0.15, 0.2) is 0 Å². The molecule has 6 heteroatoms. The minimum atomic E-state index is -3.63. The summed E-state index contributed by atoms with van der Waals surface area (Å²) in [4.78, 5) is 12.1. The highest BCUT2D eigenvalue weighted by molar-refractivity contribution is 7.89. The molecule has 0 aromatic heterocycles. The Balaban J connectivity index is 2.88. The predicted octanol–water partition coefficient (Wildman–Crippen LogP) is 1.92. The number of amides is 1. The average molecular weight is 312 g/mol. The summed E-state index contributed by atoms with van der Waals surface area (Å²) in [5.41, 5.74) is 0.992. The van der Waals surface area contributed by atoms with Crippen molar-refractivity contribution in [1.29, 1.82) is 0 Å². The van der Waals surface area contributed by atoms with E-state index in [1.807, 2.05) is 20.8 Å². The second kappa shape index (κ2) is 7.56. The van der Waals surface area contributed by atoms with Crippen LogP contribution in [0.2, 0.25) is 0 Å². The zero-order valence-corrected chi connectivity index (χ0v) is 13.9. The number of nitrogens with zero attached hydrogens (tertiary/aromatic N) is 1. The maximum atomic E-state index is 12.5. The quantitative estimate of drug-likeness (QED) is 0.836. The molecule has 0 aliphatic rings. The van der Waals surface area contributed by atoms with Crippen LogP contribution in [0.15, 0.2) is 29.2 Å². The number of hydrogen-bond acceptors (Lipinski definition) is 3. The van der Waals surface area contributed by atoms with Gasteiger partial charge < -0.3 is 5.32 Å². The SMILES string of the molecule is CC[C@H](C)NC(=O)CN(CC)S(=O)(=O)c1ccc(C)cc1. The standard InChI is InChI=1S/C15H24N2O3S/c1-5-13(4)16-15(18)11-17(6-2)21(19,20)14-9-7-12(3)8-10-14/h7-10,13H,5-6,11H2,1-4H3,(H,16,18)/t13-/m0/s1. The molecule has 0 bridgehead atoms. The van der Waals surface area contributed by atoms with E-state index in [1.165, 1.54) is 4.31 Å². The van der Waals surface area contributed by atoms with E-state index in [1.54, 1.807) is 31.2 Å². The molecule has 1 amide bonds. The number of rotatable bonds is 7. The number of benzene rings is 1. The summed E-state index contributed by atoms with van der Waals surface area (Å²) in [7, 11) is -3.63. The second-order valence-electron chi connectivity index (χ2n) is 5.12. The van der Waals surface area contributed by atoms with Gasteiger partial charge >= 0.3 is 0 Å². The maximum Gasteiger partial charge on any atom is 0.243 e. The average Bonchev–Trinajstić information content (AvgIpc) is 2.44. The number of hydrogen-bond donors (Lipinski definition) is 1. The summed E-state index contributed by atoms with van der Waals surface area (Å²) >= 11 is 0.